The molecule has 16 heavy (non-hydrogen) atoms. The second-order valence-electron chi connectivity index (χ2n) is 3.73. The third kappa shape index (κ3) is 2.64. The van der Waals surface area contributed by atoms with Crippen molar-refractivity contribution in [2.45, 2.75) is 18.9 Å². The van der Waals surface area contributed by atoms with Gasteiger partial charge in [-0.1, -0.05) is 6.07 Å². The molecule has 1 atom stereocenters. The Morgan fingerprint density at radius 1 is 1.50 bits per heavy atom. The molecule has 0 amide bonds. The molecular formula is C11H14O5. The molecule has 0 fully saturated rings. The normalized spacial score (nSPS) is 14.2. The lowest BCUT2D eigenvalue weighted by Gasteiger charge is -2.22. The number of aromatic hydroxyl groups is 1. The Morgan fingerprint density at radius 2 is 2.12 bits per heavy atom. The summed E-state index contributed by atoms with van der Waals surface area (Å²) in [6.07, 6.45) is -0.416. The molecule has 0 aromatic heterocycles. The number of hydrogen-bond donors (Lipinski definition) is 3. The van der Waals surface area contributed by atoms with E-state index in [2.05, 4.69) is 0 Å². The van der Waals surface area contributed by atoms with Crippen molar-refractivity contribution in [3.05, 3.63) is 23.8 Å². The molecule has 3 N–H and O–H groups in total. The Morgan fingerprint density at radius 3 is 2.62 bits per heavy atom. The van der Waals surface area contributed by atoms with Crippen LogP contribution in [0.4, 0.5) is 0 Å². The maximum atomic E-state index is 10.6. The van der Waals surface area contributed by atoms with Crippen molar-refractivity contribution in [3.63, 3.8) is 0 Å². The maximum absolute atomic E-state index is 10.6. The monoisotopic (exact) mass is 226 g/mol. The van der Waals surface area contributed by atoms with Crippen molar-refractivity contribution in [3.8, 4) is 11.5 Å². The molecule has 5 nitrogen and oxygen atoms in total. The smallest absolute Gasteiger partial charge is 0.306 e. The first-order valence-electron chi connectivity index (χ1n) is 4.68. The van der Waals surface area contributed by atoms with Crippen molar-refractivity contribution in [1.82, 2.24) is 0 Å². The predicted molar refractivity (Wildman–Crippen MR) is 56.5 cm³/mol. The summed E-state index contributed by atoms with van der Waals surface area (Å²) in [6.45, 7) is 1.40. The minimum Gasteiger partial charge on any atom is -0.504 e. The standard InChI is InChI=1S/C11H14O5/c1-11(15,6-10(13)14)7-3-4-8(12)9(5-7)16-2/h3-5,12,15H,6H2,1-2H3,(H,13,14). The van der Waals surface area contributed by atoms with Gasteiger partial charge in [-0.15, -0.1) is 0 Å². The Bertz CT molecular complexity index is 397. The average molecular weight is 226 g/mol. The van der Waals surface area contributed by atoms with Crippen LogP contribution >= 0.6 is 0 Å². The number of benzene rings is 1. The molecule has 0 saturated heterocycles. The SMILES string of the molecule is COc1cc(C(C)(O)CC(=O)O)ccc1O. The second-order valence-corrected chi connectivity index (χ2v) is 3.73. The lowest BCUT2D eigenvalue weighted by atomic mass is 9.92. The lowest BCUT2D eigenvalue weighted by Crippen LogP contribution is -2.25. The molecule has 1 rings (SSSR count). The van der Waals surface area contributed by atoms with Crippen LogP contribution in [0, 0.1) is 0 Å². The van der Waals surface area contributed by atoms with Gasteiger partial charge in [0.1, 0.15) is 0 Å². The Hall–Kier alpha value is -1.75. The Kier molecular flexibility index (Phi) is 3.39. The molecule has 0 bridgehead atoms. The lowest BCUT2D eigenvalue weighted by molar-refractivity contribution is -0.142. The van der Waals surface area contributed by atoms with Crippen LogP contribution in [0.25, 0.3) is 0 Å². The van der Waals surface area contributed by atoms with Crippen molar-refractivity contribution in [1.29, 1.82) is 0 Å². The number of aliphatic hydroxyl groups is 1. The number of ether oxygens (including phenoxy) is 1. The van der Waals surface area contributed by atoms with Gasteiger partial charge in [0.05, 0.1) is 19.1 Å². The summed E-state index contributed by atoms with van der Waals surface area (Å²) >= 11 is 0. The zero-order chi connectivity index (χ0) is 12.3. The van der Waals surface area contributed by atoms with E-state index in [1.165, 1.54) is 32.2 Å². The van der Waals surface area contributed by atoms with Crippen LogP contribution < -0.4 is 4.74 Å². The van der Waals surface area contributed by atoms with E-state index in [1.807, 2.05) is 0 Å². The number of hydrogen-bond acceptors (Lipinski definition) is 4. The number of phenols is 1. The van der Waals surface area contributed by atoms with Crippen LogP contribution in [0.5, 0.6) is 11.5 Å². The second kappa shape index (κ2) is 4.40. The molecule has 0 heterocycles. The first-order chi connectivity index (χ1) is 7.36. The largest absolute Gasteiger partial charge is 0.504 e. The number of carboxylic acid groups (broad SMARTS) is 1. The number of carbonyl (C=O) groups is 1. The maximum Gasteiger partial charge on any atom is 0.306 e. The first-order valence-corrected chi connectivity index (χ1v) is 4.68. The van der Waals surface area contributed by atoms with Crippen LogP contribution in [0.15, 0.2) is 18.2 Å². The van der Waals surface area contributed by atoms with Crippen molar-refractivity contribution >= 4 is 5.97 Å². The van der Waals surface area contributed by atoms with Crippen molar-refractivity contribution < 1.29 is 24.9 Å². The van der Waals surface area contributed by atoms with E-state index in [9.17, 15) is 15.0 Å². The highest BCUT2D eigenvalue weighted by molar-refractivity contribution is 5.68. The van der Waals surface area contributed by atoms with Gasteiger partial charge in [0.25, 0.3) is 0 Å². The van der Waals surface area contributed by atoms with Gasteiger partial charge in [0.15, 0.2) is 11.5 Å². The fraction of sp³-hybridized carbons (Fsp3) is 0.364. The van der Waals surface area contributed by atoms with Crippen LogP contribution in [0.2, 0.25) is 0 Å². The predicted octanol–water partition coefficient (Wildman–Crippen LogP) is 1.08. The zero-order valence-electron chi connectivity index (χ0n) is 9.10. The number of phenolic OH excluding ortho intramolecular Hbond substituents is 1. The molecule has 0 spiro atoms. The molecule has 0 aliphatic heterocycles. The molecule has 0 radical (unpaired) electrons. The zero-order valence-corrected chi connectivity index (χ0v) is 9.10. The molecule has 5 heteroatoms. The summed E-state index contributed by atoms with van der Waals surface area (Å²) in [6, 6.07) is 4.23. The minimum atomic E-state index is -1.49. The quantitative estimate of drug-likeness (QED) is 0.715. The van der Waals surface area contributed by atoms with Crippen LogP contribution in [0.1, 0.15) is 18.9 Å². The number of aliphatic carboxylic acids is 1. The van der Waals surface area contributed by atoms with Crippen molar-refractivity contribution in [2.75, 3.05) is 7.11 Å². The fourth-order valence-corrected chi connectivity index (χ4v) is 1.41. The van der Waals surface area contributed by atoms with E-state index in [0.29, 0.717) is 5.56 Å². The molecular weight excluding hydrogens is 212 g/mol. The summed E-state index contributed by atoms with van der Waals surface area (Å²) in [5, 5.41) is 28.0. The fourth-order valence-electron chi connectivity index (χ4n) is 1.41. The highest BCUT2D eigenvalue weighted by Gasteiger charge is 2.27. The van der Waals surface area contributed by atoms with Gasteiger partial charge in [-0.2, -0.15) is 0 Å². The van der Waals surface area contributed by atoms with Gasteiger partial charge in [-0.05, 0) is 24.6 Å². The number of rotatable bonds is 4. The van der Waals surface area contributed by atoms with Gasteiger partial charge in [-0.25, -0.2) is 0 Å². The highest BCUT2D eigenvalue weighted by atomic mass is 16.5. The van der Waals surface area contributed by atoms with Crippen LogP contribution in [-0.2, 0) is 10.4 Å². The minimum absolute atomic E-state index is 0.0580. The van der Waals surface area contributed by atoms with E-state index >= 15 is 0 Å². The number of methoxy groups -OCH3 is 1. The first kappa shape index (κ1) is 12.3. The summed E-state index contributed by atoms with van der Waals surface area (Å²) in [5.74, 6) is -0.961. The van der Waals surface area contributed by atoms with E-state index in [4.69, 9.17) is 9.84 Å². The van der Waals surface area contributed by atoms with Gasteiger partial charge in [0, 0.05) is 0 Å². The average Bonchev–Trinajstić information content (AvgIpc) is 2.16. The Balaban J connectivity index is 3.08. The summed E-state index contributed by atoms with van der Waals surface area (Å²) in [4.78, 5) is 10.6. The molecule has 88 valence electrons. The van der Waals surface area contributed by atoms with E-state index in [1.54, 1.807) is 0 Å². The van der Waals surface area contributed by atoms with Crippen LogP contribution in [0.3, 0.4) is 0 Å². The van der Waals surface area contributed by atoms with Crippen molar-refractivity contribution in [2.24, 2.45) is 0 Å². The Labute approximate surface area is 92.9 Å². The van der Waals surface area contributed by atoms with E-state index in [0.717, 1.165) is 0 Å². The van der Waals surface area contributed by atoms with Gasteiger partial charge in [0.2, 0.25) is 0 Å². The third-order valence-corrected chi connectivity index (χ3v) is 2.30. The van der Waals surface area contributed by atoms with Gasteiger partial charge < -0.3 is 20.1 Å². The summed E-state index contributed by atoms with van der Waals surface area (Å²) < 4.78 is 4.88. The van der Waals surface area contributed by atoms with Gasteiger partial charge >= 0.3 is 5.97 Å². The van der Waals surface area contributed by atoms with Gasteiger partial charge in [-0.3, -0.25) is 4.79 Å². The summed E-state index contributed by atoms with van der Waals surface area (Å²) in [7, 11) is 1.38. The summed E-state index contributed by atoms with van der Waals surface area (Å²) in [5.41, 5.74) is -1.11. The molecule has 0 aliphatic carbocycles. The topological polar surface area (TPSA) is 87.0 Å². The molecule has 0 saturated carbocycles. The van der Waals surface area contributed by atoms with Crippen LogP contribution in [-0.4, -0.2) is 28.4 Å². The molecule has 1 aromatic carbocycles. The number of carboxylic acids is 1. The third-order valence-electron chi connectivity index (χ3n) is 2.30. The van der Waals surface area contributed by atoms with E-state index in [-0.39, 0.29) is 11.5 Å². The highest BCUT2D eigenvalue weighted by Crippen LogP contribution is 2.32. The molecule has 1 unspecified atom stereocenters. The molecule has 1 aromatic rings. The van der Waals surface area contributed by atoms with E-state index < -0.39 is 18.0 Å². The molecule has 0 aliphatic rings.